The zero-order valence-corrected chi connectivity index (χ0v) is 22.6. The van der Waals surface area contributed by atoms with Crippen LogP contribution in [0.25, 0.3) is 0 Å². The lowest BCUT2D eigenvalue weighted by atomic mass is 10.0. The lowest BCUT2D eigenvalue weighted by molar-refractivity contribution is -0.137. The zero-order valence-electron chi connectivity index (χ0n) is 21.8. The van der Waals surface area contributed by atoms with Crippen LogP contribution in [0.5, 0.6) is 0 Å². The lowest BCUT2D eigenvalue weighted by Crippen LogP contribution is -2.38. The molecule has 1 amide bonds. The summed E-state index contributed by atoms with van der Waals surface area (Å²) in [4.78, 5) is 25.6. The van der Waals surface area contributed by atoms with Crippen molar-refractivity contribution in [3.63, 3.8) is 0 Å². The van der Waals surface area contributed by atoms with Crippen LogP contribution in [0.3, 0.4) is 0 Å². The number of halogens is 3. The maximum absolute atomic E-state index is 13.3. The molecule has 2 aliphatic rings. The Morgan fingerprint density at radius 1 is 1.15 bits per heavy atom. The average molecular weight is 576 g/mol. The molecule has 9 nitrogen and oxygen atoms in total. The molecule has 0 spiro atoms. The molecule has 0 aliphatic carbocycles. The monoisotopic (exact) mass is 575 g/mol. The molecule has 1 aromatic heterocycles. The van der Waals surface area contributed by atoms with Crippen molar-refractivity contribution in [3.05, 3.63) is 77.1 Å². The van der Waals surface area contributed by atoms with E-state index in [0.717, 1.165) is 24.8 Å². The van der Waals surface area contributed by atoms with Crippen LogP contribution in [0.2, 0.25) is 0 Å². The fraction of sp³-hybridized carbons (Fsp3) is 0.370. The Hall–Kier alpha value is -3.55. The van der Waals surface area contributed by atoms with Gasteiger partial charge in [0.05, 0.1) is 34.6 Å². The zero-order chi connectivity index (χ0) is 28.8. The third-order valence-corrected chi connectivity index (χ3v) is 8.37. The molecule has 0 bridgehead atoms. The van der Waals surface area contributed by atoms with E-state index < -0.39 is 39.8 Å². The van der Waals surface area contributed by atoms with E-state index in [1.807, 2.05) is 4.90 Å². The Labute approximate surface area is 229 Å². The van der Waals surface area contributed by atoms with Crippen LogP contribution in [0.1, 0.15) is 54.1 Å². The minimum absolute atomic E-state index is 0.132. The molecular weight excluding hydrogens is 547 g/mol. The van der Waals surface area contributed by atoms with Crippen LogP contribution in [0, 0.1) is 0 Å². The maximum atomic E-state index is 13.3. The van der Waals surface area contributed by atoms with Gasteiger partial charge in [-0.15, -0.1) is 0 Å². The molecule has 0 radical (unpaired) electrons. The van der Waals surface area contributed by atoms with Crippen LogP contribution in [-0.4, -0.2) is 53.3 Å². The Morgan fingerprint density at radius 2 is 1.88 bits per heavy atom. The van der Waals surface area contributed by atoms with Crippen LogP contribution < -0.4 is 10.2 Å². The number of fused-ring (bicyclic) bond motifs is 1. The molecule has 2 aliphatic heterocycles. The number of hydrogen-bond acceptors (Lipinski definition) is 8. The number of alkyl halides is 3. The molecule has 3 aromatic rings. The number of sulfone groups is 1. The number of nitrogens with one attached hydrogen (secondary N) is 1. The van der Waals surface area contributed by atoms with E-state index in [1.165, 1.54) is 37.5 Å². The molecule has 1 saturated heterocycles. The molecule has 3 atom stereocenters. The van der Waals surface area contributed by atoms with Gasteiger partial charge in [-0.25, -0.2) is 18.4 Å². The molecule has 2 aromatic carbocycles. The highest BCUT2D eigenvalue weighted by atomic mass is 32.2. The van der Waals surface area contributed by atoms with Crippen molar-refractivity contribution in [1.29, 1.82) is 0 Å². The highest BCUT2D eigenvalue weighted by Crippen LogP contribution is 2.39. The maximum Gasteiger partial charge on any atom is 0.416 e. The van der Waals surface area contributed by atoms with Gasteiger partial charge in [0.25, 0.3) is 0 Å². The Morgan fingerprint density at radius 3 is 2.52 bits per heavy atom. The fourth-order valence-corrected chi connectivity index (χ4v) is 6.01. The number of aromatic nitrogens is 2. The minimum Gasteiger partial charge on any atom is -0.379 e. The summed E-state index contributed by atoms with van der Waals surface area (Å²) in [5.41, 5.74) is 1.35. The van der Waals surface area contributed by atoms with Crippen LogP contribution in [0.15, 0.2) is 59.8 Å². The van der Waals surface area contributed by atoms with Gasteiger partial charge in [-0.3, -0.25) is 9.69 Å². The topological polar surface area (TPSA) is 116 Å². The van der Waals surface area contributed by atoms with Gasteiger partial charge in [-0.1, -0.05) is 18.2 Å². The fourth-order valence-electron chi connectivity index (χ4n) is 5.34. The van der Waals surface area contributed by atoms with Gasteiger partial charge in [0, 0.05) is 19.3 Å². The summed E-state index contributed by atoms with van der Waals surface area (Å²) in [7, 11) is -3.44. The molecule has 40 heavy (non-hydrogen) atoms. The summed E-state index contributed by atoms with van der Waals surface area (Å²) < 4.78 is 63.7. The predicted molar refractivity (Wildman–Crippen MR) is 141 cm³/mol. The normalized spacial score (nSPS) is 20.4. The van der Waals surface area contributed by atoms with Gasteiger partial charge in [0.1, 0.15) is 12.3 Å². The van der Waals surface area contributed by atoms with Crippen molar-refractivity contribution in [2.24, 2.45) is 0 Å². The van der Waals surface area contributed by atoms with Gasteiger partial charge in [-0.05, 0) is 60.7 Å². The second-order valence-electron chi connectivity index (χ2n) is 10.1. The summed E-state index contributed by atoms with van der Waals surface area (Å²) in [6.07, 6.45) is -0.0380. The van der Waals surface area contributed by atoms with Crippen molar-refractivity contribution < 1.29 is 31.5 Å². The Bertz CT molecular complexity index is 1530. The van der Waals surface area contributed by atoms with Crippen LogP contribution in [-0.2, 0) is 27.4 Å². The van der Waals surface area contributed by atoms with E-state index in [0.29, 0.717) is 41.3 Å². The molecule has 2 N–H and O–H groups in total. The number of rotatable bonds is 6. The number of amides is 1. The SMILES string of the molecule is CC(O)N1Cc2cc(S(C)(=O)=O)ccc2[C@@H]1C(=O)Nc1cnc(N2CCCC2c2cccc(C(F)(F)F)c2)nc1. The molecule has 13 heteroatoms. The van der Waals surface area contributed by atoms with E-state index in [-0.39, 0.29) is 17.5 Å². The van der Waals surface area contributed by atoms with Gasteiger partial charge < -0.3 is 15.3 Å². The highest BCUT2D eigenvalue weighted by Gasteiger charge is 2.38. The number of hydrogen-bond donors (Lipinski definition) is 2. The van der Waals surface area contributed by atoms with E-state index in [2.05, 4.69) is 15.3 Å². The highest BCUT2D eigenvalue weighted by molar-refractivity contribution is 7.90. The number of carbonyl (C=O) groups excluding carboxylic acids is 1. The number of benzene rings is 2. The molecular formula is C27H28F3N5O4S. The first kappa shape index (κ1) is 28.0. The van der Waals surface area contributed by atoms with Gasteiger partial charge in [0.2, 0.25) is 11.9 Å². The summed E-state index contributed by atoms with van der Waals surface area (Å²) in [6, 6.07) is 8.62. The molecule has 5 rings (SSSR count). The third kappa shape index (κ3) is 5.54. The van der Waals surface area contributed by atoms with Crippen LogP contribution in [0.4, 0.5) is 24.8 Å². The largest absolute Gasteiger partial charge is 0.416 e. The Kier molecular flexibility index (Phi) is 7.31. The van der Waals surface area contributed by atoms with E-state index >= 15 is 0 Å². The van der Waals surface area contributed by atoms with Crippen molar-refractivity contribution >= 4 is 27.4 Å². The smallest absolute Gasteiger partial charge is 0.379 e. The van der Waals surface area contributed by atoms with E-state index in [1.54, 1.807) is 17.0 Å². The predicted octanol–water partition coefficient (Wildman–Crippen LogP) is 4.07. The van der Waals surface area contributed by atoms with Gasteiger partial charge >= 0.3 is 6.18 Å². The van der Waals surface area contributed by atoms with E-state index in [4.69, 9.17) is 0 Å². The summed E-state index contributed by atoms with van der Waals surface area (Å²) in [5.74, 6) is -0.117. The summed E-state index contributed by atoms with van der Waals surface area (Å²) in [6.45, 7) is 2.29. The molecule has 0 saturated carbocycles. The number of anilines is 2. The second-order valence-corrected chi connectivity index (χ2v) is 12.1. The lowest BCUT2D eigenvalue weighted by Gasteiger charge is -2.27. The first-order valence-corrected chi connectivity index (χ1v) is 14.6. The standard InChI is InChI=1S/C27H28F3N5O4S/c1-16(36)35-15-18-12-21(40(2,38)39)8-9-22(18)24(35)25(37)33-20-13-31-26(32-14-20)34-10-4-7-23(34)17-5-3-6-19(11-17)27(28,29)30/h3,5-6,8-9,11-14,16,23-24,36H,4,7,10,15H2,1-2H3,(H,33,37)/t16?,23?,24-/m1/s1. The number of aliphatic hydroxyl groups excluding tert-OH is 1. The third-order valence-electron chi connectivity index (χ3n) is 7.26. The second kappa shape index (κ2) is 10.5. The average Bonchev–Trinajstić information content (AvgIpc) is 3.53. The summed E-state index contributed by atoms with van der Waals surface area (Å²) in [5, 5.41) is 13.1. The van der Waals surface area contributed by atoms with Crippen molar-refractivity contribution in [2.75, 3.05) is 23.0 Å². The van der Waals surface area contributed by atoms with Gasteiger partial charge in [0.15, 0.2) is 9.84 Å². The van der Waals surface area contributed by atoms with Crippen molar-refractivity contribution in [2.45, 2.75) is 55.7 Å². The molecule has 212 valence electrons. The molecule has 3 heterocycles. The van der Waals surface area contributed by atoms with Crippen molar-refractivity contribution in [3.8, 4) is 0 Å². The summed E-state index contributed by atoms with van der Waals surface area (Å²) >= 11 is 0. The number of nitrogens with zero attached hydrogens (tertiary/aromatic N) is 4. The van der Waals surface area contributed by atoms with Crippen LogP contribution >= 0.6 is 0 Å². The number of aliphatic hydroxyl groups is 1. The molecule has 1 fully saturated rings. The quantitative estimate of drug-likeness (QED) is 0.452. The minimum atomic E-state index is -4.44. The van der Waals surface area contributed by atoms with E-state index in [9.17, 15) is 31.5 Å². The van der Waals surface area contributed by atoms with Gasteiger partial charge in [-0.2, -0.15) is 13.2 Å². The first-order chi connectivity index (χ1) is 18.8. The molecule has 2 unspecified atom stereocenters. The Balaban J connectivity index is 1.34. The number of carbonyl (C=O) groups is 1. The first-order valence-electron chi connectivity index (χ1n) is 12.7. The van der Waals surface area contributed by atoms with Crippen molar-refractivity contribution in [1.82, 2.24) is 14.9 Å².